The minimum atomic E-state index is -0.656. The van der Waals surface area contributed by atoms with E-state index in [1.165, 1.54) is 14.2 Å². The average Bonchev–Trinajstić information content (AvgIpc) is 2.80. The van der Waals surface area contributed by atoms with E-state index >= 15 is 0 Å². The molecule has 1 aromatic carbocycles. The number of carbonyl (C=O) groups is 2. The van der Waals surface area contributed by atoms with E-state index in [1.54, 1.807) is 16.6 Å². The third-order valence-electron chi connectivity index (χ3n) is 3.76. The third-order valence-corrected chi connectivity index (χ3v) is 3.76. The molecule has 0 aliphatic carbocycles. The van der Waals surface area contributed by atoms with Crippen molar-refractivity contribution in [2.45, 2.75) is 6.92 Å². The van der Waals surface area contributed by atoms with Crippen LogP contribution in [0, 0.1) is 0 Å². The summed E-state index contributed by atoms with van der Waals surface area (Å²) in [5, 5.41) is 4.42. The molecule has 24 heavy (non-hydrogen) atoms. The highest BCUT2D eigenvalue weighted by atomic mass is 16.5. The van der Waals surface area contributed by atoms with Crippen molar-refractivity contribution in [1.82, 2.24) is 9.61 Å². The van der Waals surface area contributed by atoms with Crippen molar-refractivity contribution in [3.63, 3.8) is 0 Å². The first-order valence-corrected chi connectivity index (χ1v) is 7.46. The van der Waals surface area contributed by atoms with E-state index < -0.39 is 11.9 Å². The molecule has 3 aromatic rings. The van der Waals surface area contributed by atoms with Gasteiger partial charge in [0.2, 0.25) is 0 Å². The van der Waals surface area contributed by atoms with Gasteiger partial charge in [-0.3, -0.25) is 10.1 Å². The van der Waals surface area contributed by atoms with Gasteiger partial charge >= 0.3 is 11.9 Å². The van der Waals surface area contributed by atoms with Crippen LogP contribution in [0.1, 0.15) is 27.8 Å². The number of ether oxygens (including phenoxy) is 2. The predicted octanol–water partition coefficient (Wildman–Crippen LogP) is 1.91. The Hall–Kier alpha value is -3.09. The Morgan fingerprint density at radius 3 is 2.54 bits per heavy atom. The molecule has 0 radical (unpaired) electrons. The Morgan fingerprint density at radius 1 is 1.17 bits per heavy atom. The van der Waals surface area contributed by atoms with Gasteiger partial charge in [-0.1, -0.05) is 24.3 Å². The van der Waals surface area contributed by atoms with Crippen molar-refractivity contribution in [3.05, 3.63) is 47.1 Å². The summed E-state index contributed by atoms with van der Waals surface area (Å²) in [4.78, 5) is 29.0. The zero-order valence-electron chi connectivity index (χ0n) is 13.6. The number of rotatable bonds is 3. The number of aromatic nitrogens is 2. The van der Waals surface area contributed by atoms with Crippen LogP contribution in [0.3, 0.4) is 0 Å². The predicted molar refractivity (Wildman–Crippen MR) is 88.0 cm³/mol. The molecule has 3 rings (SSSR count). The second-order valence-electron chi connectivity index (χ2n) is 5.09. The molecule has 0 saturated heterocycles. The Morgan fingerprint density at radius 2 is 1.88 bits per heavy atom. The fraction of sp³-hybridized carbons (Fsp3) is 0.235. The fourth-order valence-corrected chi connectivity index (χ4v) is 2.77. The smallest absolute Gasteiger partial charge is 0.356 e. The Kier molecular flexibility index (Phi) is 4.07. The van der Waals surface area contributed by atoms with E-state index in [4.69, 9.17) is 9.47 Å². The highest BCUT2D eigenvalue weighted by Gasteiger charge is 2.24. The molecule has 2 aromatic heterocycles. The highest BCUT2D eigenvalue weighted by Crippen LogP contribution is 2.24. The number of carbonyl (C=O) groups excluding carboxylic acids is 2. The summed E-state index contributed by atoms with van der Waals surface area (Å²) in [5.74, 6) is -1.27. The van der Waals surface area contributed by atoms with Crippen molar-refractivity contribution in [1.29, 1.82) is 0 Å². The van der Waals surface area contributed by atoms with Crippen LogP contribution < -0.4 is 5.49 Å². The van der Waals surface area contributed by atoms with Gasteiger partial charge in [0, 0.05) is 17.3 Å². The second-order valence-corrected chi connectivity index (χ2v) is 5.09. The summed E-state index contributed by atoms with van der Waals surface area (Å²) in [5.41, 5.74) is 1.57. The number of hydrogen-bond acceptors (Lipinski definition) is 5. The van der Waals surface area contributed by atoms with Gasteiger partial charge < -0.3 is 9.47 Å². The number of esters is 2. The van der Waals surface area contributed by atoms with Gasteiger partial charge in [-0.05, 0) is 13.0 Å². The van der Waals surface area contributed by atoms with Crippen LogP contribution in [-0.4, -0.2) is 42.3 Å². The SMILES string of the molecule is CCN=c1cc2ccccc3c(C(=O)OC)c(C(=O)OC)[nH]n1c23. The lowest BCUT2D eigenvalue weighted by Crippen LogP contribution is -2.21. The standard InChI is InChI=1S/C17H17N3O4/c1-4-18-12-9-10-7-5-6-8-11-13(16(21)23-2)14(17(22)24-3)19-20(12)15(10)11/h5-9,19H,4H2,1-3H3. The molecule has 7 nitrogen and oxygen atoms in total. The Labute approximate surface area is 137 Å². The Balaban J connectivity index is 2.60. The number of nitrogens with zero attached hydrogens (tertiary/aromatic N) is 2. The topological polar surface area (TPSA) is 85.2 Å². The van der Waals surface area contributed by atoms with Crippen molar-refractivity contribution < 1.29 is 19.1 Å². The van der Waals surface area contributed by atoms with E-state index in [-0.39, 0.29) is 11.3 Å². The second kappa shape index (κ2) is 6.19. The van der Waals surface area contributed by atoms with Crippen LogP contribution in [0.5, 0.6) is 0 Å². The molecule has 0 aliphatic rings. The molecule has 0 unspecified atom stereocenters. The highest BCUT2D eigenvalue weighted by molar-refractivity contribution is 6.13. The molecule has 0 amide bonds. The van der Waals surface area contributed by atoms with Gasteiger partial charge in [-0.2, -0.15) is 0 Å². The minimum Gasteiger partial charge on any atom is -0.465 e. The zero-order valence-corrected chi connectivity index (χ0v) is 13.6. The van der Waals surface area contributed by atoms with Crippen molar-refractivity contribution >= 4 is 28.2 Å². The van der Waals surface area contributed by atoms with Crippen LogP contribution in [0.15, 0.2) is 35.3 Å². The fourth-order valence-electron chi connectivity index (χ4n) is 2.77. The van der Waals surface area contributed by atoms with Crippen LogP contribution in [0.25, 0.3) is 16.3 Å². The van der Waals surface area contributed by atoms with Gasteiger partial charge in [0.05, 0.1) is 19.7 Å². The van der Waals surface area contributed by atoms with Gasteiger partial charge in [-0.25, -0.2) is 14.1 Å². The molecule has 2 heterocycles. The summed E-state index contributed by atoms with van der Waals surface area (Å²) in [6.07, 6.45) is 0. The molecular formula is C17H17N3O4. The third kappa shape index (κ3) is 2.34. The number of aromatic amines is 1. The molecule has 7 heteroatoms. The quantitative estimate of drug-likeness (QED) is 0.745. The summed E-state index contributed by atoms with van der Waals surface area (Å²) in [6, 6.07) is 9.25. The van der Waals surface area contributed by atoms with E-state index in [2.05, 4.69) is 10.1 Å². The molecule has 0 aliphatic heterocycles. The van der Waals surface area contributed by atoms with Gasteiger partial charge in [0.1, 0.15) is 11.1 Å². The van der Waals surface area contributed by atoms with Crippen LogP contribution in [0.2, 0.25) is 0 Å². The average molecular weight is 327 g/mol. The number of nitrogens with one attached hydrogen (secondary N) is 1. The lowest BCUT2D eigenvalue weighted by molar-refractivity contribution is 0.0550. The largest absolute Gasteiger partial charge is 0.465 e. The van der Waals surface area contributed by atoms with Crippen LogP contribution in [0.4, 0.5) is 0 Å². The number of methoxy groups -OCH3 is 2. The monoisotopic (exact) mass is 327 g/mol. The van der Waals surface area contributed by atoms with E-state index in [9.17, 15) is 9.59 Å². The zero-order chi connectivity index (χ0) is 17.3. The van der Waals surface area contributed by atoms with Gasteiger partial charge in [0.15, 0.2) is 5.69 Å². The van der Waals surface area contributed by atoms with Crippen molar-refractivity contribution in [2.24, 2.45) is 4.99 Å². The molecule has 0 fully saturated rings. The molecule has 0 bridgehead atoms. The lowest BCUT2D eigenvalue weighted by atomic mass is 10.1. The number of H-pyrrole nitrogens is 1. The number of hydrogen-bond donors (Lipinski definition) is 1. The summed E-state index contributed by atoms with van der Waals surface area (Å²) >= 11 is 0. The van der Waals surface area contributed by atoms with E-state index in [0.29, 0.717) is 17.4 Å². The lowest BCUT2D eigenvalue weighted by Gasteiger charge is -2.11. The van der Waals surface area contributed by atoms with Crippen molar-refractivity contribution in [3.8, 4) is 0 Å². The molecular weight excluding hydrogens is 310 g/mol. The molecule has 124 valence electrons. The van der Waals surface area contributed by atoms with Gasteiger partial charge in [-0.15, -0.1) is 0 Å². The van der Waals surface area contributed by atoms with Crippen LogP contribution in [-0.2, 0) is 9.47 Å². The minimum absolute atomic E-state index is 0.0214. The Bertz CT molecular complexity index is 1010. The van der Waals surface area contributed by atoms with Gasteiger partial charge in [0.25, 0.3) is 0 Å². The first-order chi connectivity index (χ1) is 11.6. The summed E-state index contributed by atoms with van der Waals surface area (Å²) in [7, 11) is 2.53. The van der Waals surface area contributed by atoms with Crippen LogP contribution >= 0.6 is 0 Å². The summed E-state index contributed by atoms with van der Waals surface area (Å²) < 4.78 is 11.4. The first kappa shape index (κ1) is 15.8. The first-order valence-electron chi connectivity index (χ1n) is 7.46. The molecule has 1 N–H and O–H groups in total. The summed E-state index contributed by atoms with van der Waals surface area (Å²) in [6.45, 7) is 2.51. The van der Waals surface area contributed by atoms with Crippen molar-refractivity contribution in [2.75, 3.05) is 20.8 Å². The maximum atomic E-state index is 12.3. The van der Waals surface area contributed by atoms with E-state index in [1.807, 2.05) is 25.1 Å². The normalized spacial score (nSPS) is 11.9. The molecule has 0 atom stereocenters. The molecule has 0 spiro atoms. The van der Waals surface area contributed by atoms with E-state index in [0.717, 1.165) is 10.9 Å². The maximum Gasteiger partial charge on any atom is 0.356 e. The molecule has 0 saturated carbocycles. The maximum absolute atomic E-state index is 12.3.